The van der Waals surface area contributed by atoms with Crippen LogP contribution in [0.1, 0.15) is 44.6 Å². The van der Waals surface area contributed by atoms with Gasteiger partial charge in [-0.1, -0.05) is 54.2 Å². The summed E-state index contributed by atoms with van der Waals surface area (Å²) >= 11 is 3.43. The second-order valence-electron chi connectivity index (χ2n) is 5.41. The first-order chi connectivity index (χ1) is 8.64. The first-order valence-electron chi connectivity index (χ1n) is 6.60. The van der Waals surface area contributed by atoms with Gasteiger partial charge in [0.05, 0.1) is 0 Å². The Morgan fingerprint density at radius 3 is 2.72 bits per heavy atom. The van der Waals surface area contributed by atoms with E-state index in [1.165, 1.54) is 24.8 Å². The van der Waals surface area contributed by atoms with E-state index in [9.17, 15) is 4.79 Å². The molecule has 2 rings (SSSR count). The molecule has 1 aliphatic rings. The van der Waals surface area contributed by atoms with E-state index in [0.717, 1.165) is 23.9 Å². The summed E-state index contributed by atoms with van der Waals surface area (Å²) in [7, 11) is 0. The van der Waals surface area contributed by atoms with Gasteiger partial charge >= 0.3 is 0 Å². The fourth-order valence-corrected chi connectivity index (χ4v) is 2.92. The molecule has 1 aromatic carbocycles. The zero-order chi connectivity index (χ0) is 13.0. The van der Waals surface area contributed by atoms with Gasteiger partial charge in [-0.25, -0.2) is 0 Å². The van der Waals surface area contributed by atoms with Gasteiger partial charge in [0.1, 0.15) is 0 Å². The first kappa shape index (κ1) is 13.6. The molecule has 0 bridgehead atoms. The number of carbonyl (C=O) groups excluding carboxylic acids is 1. The van der Waals surface area contributed by atoms with Crippen LogP contribution in [0.4, 0.5) is 5.69 Å². The summed E-state index contributed by atoms with van der Waals surface area (Å²) in [5, 5.41) is 3.88. The number of halogens is 1. The lowest BCUT2D eigenvalue weighted by molar-refractivity contribution is -0.126. The van der Waals surface area contributed by atoms with Crippen LogP contribution in [0.5, 0.6) is 0 Å². The number of amides is 1. The molecule has 98 valence electrons. The van der Waals surface area contributed by atoms with Crippen LogP contribution >= 0.6 is 15.9 Å². The minimum Gasteiger partial charge on any atom is -0.326 e. The quantitative estimate of drug-likeness (QED) is 0.819. The molecule has 1 N–H and O–H groups in total. The predicted octanol–water partition coefficient (Wildman–Crippen LogP) is 4.49. The van der Waals surface area contributed by atoms with E-state index in [-0.39, 0.29) is 11.3 Å². The SMILES string of the molecule is CC1(C(=O)Nc2cccc(CBr)c2)CCCCC1. The van der Waals surface area contributed by atoms with Crippen LogP contribution in [0.2, 0.25) is 0 Å². The number of benzene rings is 1. The van der Waals surface area contributed by atoms with Crippen molar-refractivity contribution in [2.45, 2.75) is 44.4 Å². The minimum absolute atomic E-state index is 0.175. The Morgan fingerprint density at radius 2 is 2.06 bits per heavy atom. The maximum absolute atomic E-state index is 12.4. The minimum atomic E-state index is -0.178. The third kappa shape index (κ3) is 3.14. The summed E-state index contributed by atoms with van der Waals surface area (Å²) in [6.07, 6.45) is 5.63. The molecule has 1 aromatic rings. The zero-order valence-electron chi connectivity index (χ0n) is 10.8. The number of hydrogen-bond donors (Lipinski definition) is 1. The van der Waals surface area contributed by atoms with Crippen molar-refractivity contribution in [2.24, 2.45) is 5.41 Å². The number of hydrogen-bond acceptors (Lipinski definition) is 1. The van der Waals surface area contributed by atoms with Crippen LogP contribution in [-0.2, 0) is 10.1 Å². The Bertz CT molecular complexity index is 424. The molecule has 1 saturated carbocycles. The molecule has 3 heteroatoms. The van der Waals surface area contributed by atoms with Crippen molar-refractivity contribution < 1.29 is 4.79 Å². The zero-order valence-corrected chi connectivity index (χ0v) is 12.4. The fraction of sp³-hybridized carbons (Fsp3) is 0.533. The summed E-state index contributed by atoms with van der Waals surface area (Å²) in [6.45, 7) is 2.09. The standard InChI is InChI=1S/C15H20BrNO/c1-15(8-3-2-4-9-15)14(18)17-13-7-5-6-12(10-13)11-16/h5-7,10H,2-4,8-9,11H2,1H3,(H,17,18). The van der Waals surface area contributed by atoms with E-state index < -0.39 is 0 Å². The van der Waals surface area contributed by atoms with Gasteiger partial charge in [-0.2, -0.15) is 0 Å². The molecule has 0 aliphatic heterocycles. The normalized spacial score (nSPS) is 18.3. The summed E-state index contributed by atoms with van der Waals surface area (Å²) in [4.78, 5) is 12.4. The van der Waals surface area contributed by atoms with E-state index in [2.05, 4.69) is 28.2 Å². The summed E-state index contributed by atoms with van der Waals surface area (Å²) in [5.41, 5.74) is 1.91. The second kappa shape index (κ2) is 5.87. The van der Waals surface area contributed by atoms with Gasteiger partial charge < -0.3 is 5.32 Å². The molecule has 2 nitrogen and oxygen atoms in total. The predicted molar refractivity (Wildman–Crippen MR) is 78.9 cm³/mol. The number of alkyl halides is 1. The van der Waals surface area contributed by atoms with Gasteiger partial charge in [0, 0.05) is 16.4 Å². The number of rotatable bonds is 3. The van der Waals surface area contributed by atoms with Gasteiger partial charge in [0.15, 0.2) is 0 Å². The van der Waals surface area contributed by atoms with Crippen molar-refractivity contribution in [1.82, 2.24) is 0 Å². The second-order valence-corrected chi connectivity index (χ2v) is 5.97. The molecule has 0 unspecified atom stereocenters. The van der Waals surface area contributed by atoms with Gasteiger partial charge in [0.2, 0.25) is 5.91 Å². The lowest BCUT2D eigenvalue weighted by Gasteiger charge is -2.32. The van der Waals surface area contributed by atoms with Crippen LogP contribution in [-0.4, -0.2) is 5.91 Å². The Labute approximate surface area is 117 Å². The van der Waals surface area contributed by atoms with E-state index in [0.29, 0.717) is 0 Å². The lowest BCUT2D eigenvalue weighted by Crippen LogP contribution is -2.35. The topological polar surface area (TPSA) is 29.1 Å². The Morgan fingerprint density at radius 1 is 1.33 bits per heavy atom. The highest BCUT2D eigenvalue weighted by Crippen LogP contribution is 2.36. The third-order valence-corrected chi connectivity index (χ3v) is 4.49. The molecular formula is C15H20BrNO. The Hall–Kier alpha value is -0.830. The fourth-order valence-electron chi connectivity index (χ4n) is 2.57. The molecule has 0 saturated heterocycles. The van der Waals surface area contributed by atoms with Crippen molar-refractivity contribution in [3.8, 4) is 0 Å². The monoisotopic (exact) mass is 309 g/mol. The summed E-state index contributed by atoms with van der Waals surface area (Å²) in [6, 6.07) is 8.01. The molecule has 0 atom stereocenters. The number of carbonyl (C=O) groups is 1. The molecule has 0 spiro atoms. The van der Waals surface area contributed by atoms with E-state index >= 15 is 0 Å². The average Bonchev–Trinajstić information content (AvgIpc) is 2.40. The number of nitrogens with one attached hydrogen (secondary N) is 1. The highest BCUT2D eigenvalue weighted by atomic mass is 79.9. The third-order valence-electron chi connectivity index (χ3n) is 3.84. The van der Waals surface area contributed by atoms with Crippen LogP contribution in [0, 0.1) is 5.41 Å². The highest BCUT2D eigenvalue weighted by molar-refractivity contribution is 9.08. The van der Waals surface area contributed by atoms with Crippen molar-refractivity contribution >= 4 is 27.5 Å². The summed E-state index contributed by atoms with van der Waals surface area (Å²) < 4.78 is 0. The van der Waals surface area contributed by atoms with Crippen LogP contribution < -0.4 is 5.32 Å². The maximum Gasteiger partial charge on any atom is 0.230 e. The van der Waals surface area contributed by atoms with Gasteiger partial charge in [-0.3, -0.25) is 4.79 Å². The largest absolute Gasteiger partial charge is 0.326 e. The van der Waals surface area contributed by atoms with Crippen LogP contribution in [0.15, 0.2) is 24.3 Å². The Balaban J connectivity index is 2.05. The average molecular weight is 310 g/mol. The molecule has 0 heterocycles. The molecule has 1 aliphatic carbocycles. The van der Waals surface area contributed by atoms with Crippen molar-refractivity contribution in [2.75, 3.05) is 5.32 Å². The van der Waals surface area contributed by atoms with E-state index in [4.69, 9.17) is 0 Å². The summed E-state index contributed by atoms with van der Waals surface area (Å²) in [5.74, 6) is 0.175. The maximum atomic E-state index is 12.4. The molecule has 1 fully saturated rings. The van der Waals surface area contributed by atoms with E-state index in [1.807, 2.05) is 24.3 Å². The number of anilines is 1. The molecule has 1 amide bonds. The van der Waals surface area contributed by atoms with Crippen molar-refractivity contribution in [3.63, 3.8) is 0 Å². The highest BCUT2D eigenvalue weighted by Gasteiger charge is 2.34. The molecule has 0 radical (unpaired) electrons. The van der Waals surface area contributed by atoms with E-state index in [1.54, 1.807) is 0 Å². The lowest BCUT2D eigenvalue weighted by atomic mass is 9.75. The molecule has 18 heavy (non-hydrogen) atoms. The molecule has 0 aromatic heterocycles. The van der Waals surface area contributed by atoms with Gasteiger partial charge in [0.25, 0.3) is 0 Å². The van der Waals surface area contributed by atoms with Crippen molar-refractivity contribution in [1.29, 1.82) is 0 Å². The van der Waals surface area contributed by atoms with Crippen molar-refractivity contribution in [3.05, 3.63) is 29.8 Å². The van der Waals surface area contributed by atoms with Gasteiger partial charge in [-0.15, -0.1) is 0 Å². The van der Waals surface area contributed by atoms with Crippen LogP contribution in [0.25, 0.3) is 0 Å². The first-order valence-corrected chi connectivity index (χ1v) is 7.72. The van der Waals surface area contributed by atoms with Crippen LogP contribution in [0.3, 0.4) is 0 Å². The molecular weight excluding hydrogens is 290 g/mol. The Kier molecular flexibility index (Phi) is 4.44. The van der Waals surface area contributed by atoms with Gasteiger partial charge in [-0.05, 0) is 30.5 Å². The smallest absolute Gasteiger partial charge is 0.230 e.